The van der Waals surface area contributed by atoms with Crippen LogP contribution in [-0.4, -0.2) is 15.0 Å². The summed E-state index contributed by atoms with van der Waals surface area (Å²) >= 11 is 0. The van der Waals surface area contributed by atoms with Gasteiger partial charge in [-0.3, -0.25) is 9.97 Å². The van der Waals surface area contributed by atoms with E-state index in [4.69, 9.17) is 5.73 Å². The highest BCUT2D eigenvalue weighted by Gasteiger charge is 2.02. The van der Waals surface area contributed by atoms with Crippen LogP contribution in [0.1, 0.15) is 5.56 Å². The van der Waals surface area contributed by atoms with Crippen molar-refractivity contribution < 1.29 is 0 Å². The van der Waals surface area contributed by atoms with Gasteiger partial charge in [0.2, 0.25) is 0 Å². The number of aromatic nitrogens is 3. The molecule has 4 heteroatoms. The maximum absolute atomic E-state index is 5.46. The van der Waals surface area contributed by atoms with Crippen molar-refractivity contribution in [2.24, 2.45) is 0 Å². The van der Waals surface area contributed by atoms with E-state index in [-0.39, 0.29) is 0 Å². The molecular weight excluding hydrogens is 176 g/mol. The SMILES string of the molecule is Cc1cnccc1-c1cnc(N)cn1. The minimum absolute atomic E-state index is 0.431. The summed E-state index contributed by atoms with van der Waals surface area (Å²) in [7, 11) is 0. The standard InChI is InChI=1S/C10H10N4/c1-7-4-12-3-2-8(7)9-5-14-10(11)6-13-9/h2-6H,1H3,(H2,11,14). The van der Waals surface area contributed by atoms with Crippen LogP contribution in [0, 0.1) is 6.92 Å². The summed E-state index contributed by atoms with van der Waals surface area (Å²) in [5, 5.41) is 0. The lowest BCUT2D eigenvalue weighted by Gasteiger charge is -2.03. The van der Waals surface area contributed by atoms with Crippen molar-refractivity contribution in [1.29, 1.82) is 0 Å². The first-order valence-electron chi connectivity index (χ1n) is 4.26. The molecule has 0 bridgehead atoms. The minimum atomic E-state index is 0.431. The van der Waals surface area contributed by atoms with Crippen LogP contribution < -0.4 is 5.73 Å². The van der Waals surface area contributed by atoms with Crippen molar-refractivity contribution in [1.82, 2.24) is 15.0 Å². The highest BCUT2D eigenvalue weighted by atomic mass is 14.9. The third-order valence-corrected chi connectivity index (χ3v) is 1.97. The van der Waals surface area contributed by atoms with E-state index in [2.05, 4.69) is 15.0 Å². The Hall–Kier alpha value is -1.97. The van der Waals surface area contributed by atoms with E-state index >= 15 is 0 Å². The van der Waals surface area contributed by atoms with Crippen molar-refractivity contribution in [3.8, 4) is 11.3 Å². The summed E-state index contributed by atoms with van der Waals surface area (Å²) in [5.41, 5.74) is 8.39. The van der Waals surface area contributed by atoms with E-state index in [1.807, 2.05) is 13.0 Å². The zero-order valence-electron chi connectivity index (χ0n) is 7.81. The molecule has 0 saturated carbocycles. The van der Waals surface area contributed by atoms with Gasteiger partial charge >= 0.3 is 0 Å². The molecule has 0 atom stereocenters. The van der Waals surface area contributed by atoms with E-state index < -0.39 is 0 Å². The van der Waals surface area contributed by atoms with Crippen LogP contribution in [0.5, 0.6) is 0 Å². The quantitative estimate of drug-likeness (QED) is 0.731. The van der Waals surface area contributed by atoms with Gasteiger partial charge in [-0.05, 0) is 18.6 Å². The van der Waals surface area contributed by atoms with E-state index in [1.54, 1.807) is 24.8 Å². The molecular formula is C10H10N4. The summed E-state index contributed by atoms with van der Waals surface area (Å²) < 4.78 is 0. The molecule has 4 nitrogen and oxygen atoms in total. The molecule has 0 aliphatic rings. The Morgan fingerprint density at radius 2 is 2.00 bits per heavy atom. The molecule has 2 rings (SSSR count). The summed E-state index contributed by atoms with van der Waals surface area (Å²) in [6, 6.07) is 1.91. The zero-order chi connectivity index (χ0) is 9.97. The summed E-state index contributed by atoms with van der Waals surface area (Å²) in [5.74, 6) is 0.431. The molecule has 0 spiro atoms. The molecule has 14 heavy (non-hydrogen) atoms. The van der Waals surface area contributed by atoms with Gasteiger partial charge < -0.3 is 5.73 Å². The van der Waals surface area contributed by atoms with Crippen molar-refractivity contribution in [2.45, 2.75) is 6.92 Å². The van der Waals surface area contributed by atoms with Crippen molar-refractivity contribution in [3.05, 3.63) is 36.4 Å². The molecule has 0 aliphatic heterocycles. The molecule has 0 aliphatic carbocycles. The van der Waals surface area contributed by atoms with Crippen molar-refractivity contribution in [3.63, 3.8) is 0 Å². The maximum atomic E-state index is 5.46. The Morgan fingerprint density at radius 3 is 2.64 bits per heavy atom. The predicted octanol–water partition coefficient (Wildman–Crippen LogP) is 1.43. The Balaban J connectivity index is 2.50. The number of anilines is 1. The summed E-state index contributed by atoms with van der Waals surface area (Å²) in [4.78, 5) is 12.2. The highest BCUT2D eigenvalue weighted by molar-refractivity contribution is 5.61. The Bertz CT molecular complexity index is 436. The Kier molecular flexibility index (Phi) is 2.10. The average Bonchev–Trinajstić information content (AvgIpc) is 2.20. The van der Waals surface area contributed by atoms with Crippen LogP contribution >= 0.6 is 0 Å². The van der Waals surface area contributed by atoms with Gasteiger partial charge in [-0.25, -0.2) is 4.98 Å². The van der Waals surface area contributed by atoms with Gasteiger partial charge in [0, 0.05) is 18.0 Å². The third-order valence-electron chi connectivity index (χ3n) is 1.97. The van der Waals surface area contributed by atoms with Gasteiger partial charge in [0.25, 0.3) is 0 Å². The first-order valence-corrected chi connectivity index (χ1v) is 4.26. The highest BCUT2D eigenvalue weighted by Crippen LogP contribution is 2.18. The Labute approximate surface area is 81.9 Å². The third kappa shape index (κ3) is 1.54. The maximum Gasteiger partial charge on any atom is 0.141 e. The number of aryl methyl sites for hydroxylation is 1. The fourth-order valence-corrected chi connectivity index (χ4v) is 1.24. The van der Waals surface area contributed by atoms with Crippen LogP contribution in [0.2, 0.25) is 0 Å². The summed E-state index contributed by atoms with van der Waals surface area (Å²) in [6.07, 6.45) is 6.75. The van der Waals surface area contributed by atoms with E-state index in [0.29, 0.717) is 5.82 Å². The lowest BCUT2D eigenvalue weighted by molar-refractivity contribution is 1.19. The molecule has 0 radical (unpaired) electrons. The lowest BCUT2D eigenvalue weighted by atomic mass is 10.1. The molecule has 0 amide bonds. The number of rotatable bonds is 1. The van der Waals surface area contributed by atoms with Gasteiger partial charge in [0.15, 0.2) is 0 Å². The molecule has 0 fully saturated rings. The molecule has 2 heterocycles. The molecule has 0 saturated heterocycles. The van der Waals surface area contributed by atoms with Crippen LogP contribution in [0.15, 0.2) is 30.9 Å². The normalized spacial score (nSPS) is 10.1. The topological polar surface area (TPSA) is 64.7 Å². The summed E-state index contributed by atoms with van der Waals surface area (Å²) in [6.45, 7) is 1.99. The average molecular weight is 186 g/mol. The zero-order valence-corrected chi connectivity index (χ0v) is 7.81. The Morgan fingerprint density at radius 1 is 1.14 bits per heavy atom. The second-order valence-electron chi connectivity index (χ2n) is 3.02. The van der Waals surface area contributed by atoms with Crippen LogP contribution in [-0.2, 0) is 0 Å². The molecule has 2 aromatic heterocycles. The van der Waals surface area contributed by atoms with Crippen LogP contribution in [0.4, 0.5) is 5.82 Å². The molecule has 70 valence electrons. The van der Waals surface area contributed by atoms with Gasteiger partial charge in [0.05, 0.1) is 18.1 Å². The minimum Gasteiger partial charge on any atom is -0.382 e. The number of nitrogen functional groups attached to an aromatic ring is 1. The number of pyridine rings is 1. The number of nitrogens with zero attached hydrogens (tertiary/aromatic N) is 3. The van der Waals surface area contributed by atoms with Gasteiger partial charge in [-0.2, -0.15) is 0 Å². The fraction of sp³-hybridized carbons (Fsp3) is 0.100. The predicted molar refractivity (Wildman–Crippen MR) is 54.4 cm³/mol. The second-order valence-corrected chi connectivity index (χ2v) is 3.02. The largest absolute Gasteiger partial charge is 0.382 e. The van der Waals surface area contributed by atoms with Crippen LogP contribution in [0.25, 0.3) is 11.3 Å². The lowest BCUT2D eigenvalue weighted by Crippen LogP contribution is -1.93. The fourth-order valence-electron chi connectivity index (χ4n) is 1.24. The van der Waals surface area contributed by atoms with Crippen LogP contribution in [0.3, 0.4) is 0 Å². The first-order chi connectivity index (χ1) is 6.77. The number of hydrogen-bond acceptors (Lipinski definition) is 4. The van der Waals surface area contributed by atoms with E-state index in [0.717, 1.165) is 16.8 Å². The van der Waals surface area contributed by atoms with E-state index in [1.165, 1.54) is 0 Å². The molecule has 2 aromatic rings. The van der Waals surface area contributed by atoms with E-state index in [9.17, 15) is 0 Å². The van der Waals surface area contributed by atoms with Gasteiger partial charge in [-0.15, -0.1) is 0 Å². The van der Waals surface area contributed by atoms with Crippen molar-refractivity contribution >= 4 is 5.82 Å². The number of nitrogens with two attached hydrogens (primary N) is 1. The van der Waals surface area contributed by atoms with Crippen molar-refractivity contribution in [2.75, 3.05) is 5.73 Å². The molecule has 0 aromatic carbocycles. The first kappa shape index (κ1) is 8.62. The molecule has 2 N–H and O–H groups in total. The van der Waals surface area contributed by atoms with Gasteiger partial charge in [0.1, 0.15) is 5.82 Å². The number of hydrogen-bond donors (Lipinski definition) is 1. The second kappa shape index (κ2) is 3.41. The smallest absolute Gasteiger partial charge is 0.141 e. The molecule has 0 unspecified atom stereocenters. The van der Waals surface area contributed by atoms with Gasteiger partial charge in [-0.1, -0.05) is 0 Å². The monoisotopic (exact) mass is 186 g/mol.